The maximum Gasteiger partial charge on any atom is 0.319 e. The summed E-state index contributed by atoms with van der Waals surface area (Å²) in [4.78, 5) is 12.1. The number of hydrogen-bond acceptors (Lipinski definition) is 4. The molecule has 1 aromatic carbocycles. The van der Waals surface area contributed by atoms with Crippen molar-refractivity contribution >= 4 is 21.6 Å². The van der Waals surface area contributed by atoms with Crippen LogP contribution in [0.3, 0.4) is 0 Å². The molecule has 0 aliphatic rings. The van der Waals surface area contributed by atoms with Crippen molar-refractivity contribution in [2.45, 2.75) is 18.4 Å². The number of carbonyl (C=O) groups excluding carboxylic acids is 1. The number of nitrogens with zero attached hydrogens (tertiary/aromatic N) is 2. The number of urea groups is 1. The summed E-state index contributed by atoms with van der Waals surface area (Å²) in [5.41, 5.74) is 0.435. The highest BCUT2D eigenvalue weighted by molar-refractivity contribution is 7.90. The van der Waals surface area contributed by atoms with Crippen LogP contribution in [-0.2, 0) is 16.4 Å². The molecule has 2 N–H and O–H groups in total. The average Bonchev–Trinajstić information content (AvgIpc) is 2.97. The van der Waals surface area contributed by atoms with Crippen LogP contribution < -0.4 is 10.6 Å². The van der Waals surface area contributed by atoms with E-state index in [0.29, 0.717) is 18.8 Å². The van der Waals surface area contributed by atoms with E-state index in [-0.39, 0.29) is 16.8 Å². The number of benzene rings is 1. The Morgan fingerprint density at radius 2 is 2.13 bits per heavy atom. The number of aromatic nitrogens is 2. The maximum atomic E-state index is 11.9. The largest absolute Gasteiger partial charge is 0.338 e. The van der Waals surface area contributed by atoms with Crippen molar-refractivity contribution in [3.05, 3.63) is 42.7 Å². The van der Waals surface area contributed by atoms with Gasteiger partial charge in [0.25, 0.3) is 0 Å². The SMILES string of the molecule is C[C@H](CNC(=O)Nc1cccc(S(C)(=O)=O)c1)Cn1cccn1. The molecule has 0 spiro atoms. The standard InChI is InChI=1S/C15H20N4O3S/c1-12(11-19-8-4-7-17-19)10-16-15(20)18-13-5-3-6-14(9-13)23(2,21)22/h3-9,12H,10-11H2,1-2H3,(H2,16,18,20)/t12-/m1/s1. The van der Waals surface area contributed by atoms with Gasteiger partial charge in [-0.1, -0.05) is 13.0 Å². The molecule has 0 aliphatic heterocycles. The number of anilines is 1. The summed E-state index contributed by atoms with van der Waals surface area (Å²) in [5, 5.41) is 9.51. The summed E-state index contributed by atoms with van der Waals surface area (Å²) in [5.74, 6) is 0.211. The maximum absolute atomic E-state index is 11.9. The lowest BCUT2D eigenvalue weighted by atomic mass is 10.2. The first-order valence-electron chi connectivity index (χ1n) is 7.17. The van der Waals surface area contributed by atoms with Crippen LogP contribution >= 0.6 is 0 Å². The molecule has 23 heavy (non-hydrogen) atoms. The van der Waals surface area contributed by atoms with E-state index in [2.05, 4.69) is 15.7 Å². The molecule has 1 atom stereocenters. The van der Waals surface area contributed by atoms with Gasteiger partial charge < -0.3 is 10.6 Å². The molecule has 1 heterocycles. The van der Waals surface area contributed by atoms with Gasteiger partial charge in [-0.25, -0.2) is 13.2 Å². The lowest BCUT2D eigenvalue weighted by Crippen LogP contribution is -2.33. The van der Waals surface area contributed by atoms with Crippen LogP contribution in [-0.4, -0.2) is 37.0 Å². The fourth-order valence-electron chi connectivity index (χ4n) is 2.04. The van der Waals surface area contributed by atoms with Crippen LogP contribution in [0.1, 0.15) is 6.92 Å². The van der Waals surface area contributed by atoms with Crippen molar-refractivity contribution in [3.63, 3.8) is 0 Å². The van der Waals surface area contributed by atoms with Crippen LogP contribution in [0.4, 0.5) is 10.5 Å². The lowest BCUT2D eigenvalue weighted by Gasteiger charge is -2.13. The third kappa shape index (κ3) is 5.41. The predicted molar refractivity (Wildman–Crippen MR) is 88.0 cm³/mol. The fourth-order valence-corrected chi connectivity index (χ4v) is 2.71. The number of sulfone groups is 1. The molecular weight excluding hydrogens is 316 g/mol. The molecule has 0 unspecified atom stereocenters. The quantitative estimate of drug-likeness (QED) is 0.840. The van der Waals surface area contributed by atoms with E-state index in [0.717, 1.165) is 6.26 Å². The Bertz CT molecular complexity index is 757. The molecule has 0 saturated heterocycles. The Hall–Kier alpha value is -2.35. The molecular formula is C15H20N4O3S. The fraction of sp³-hybridized carbons (Fsp3) is 0.333. The molecule has 1 aromatic heterocycles. The minimum absolute atomic E-state index is 0.169. The molecule has 7 nitrogen and oxygen atoms in total. The summed E-state index contributed by atoms with van der Waals surface area (Å²) >= 11 is 0. The van der Waals surface area contributed by atoms with Crippen molar-refractivity contribution in [2.24, 2.45) is 5.92 Å². The molecule has 0 bridgehead atoms. The third-order valence-electron chi connectivity index (χ3n) is 3.19. The number of carbonyl (C=O) groups is 1. The van der Waals surface area contributed by atoms with E-state index in [1.807, 2.05) is 19.2 Å². The Morgan fingerprint density at radius 3 is 2.78 bits per heavy atom. The van der Waals surface area contributed by atoms with Gasteiger partial charge in [0.2, 0.25) is 0 Å². The van der Waals surface area contributed by atoms with Gasteiger partial charge in [0.15, 0.2) is 9.84 Å². The van der Waals surface area contributed by atoms with Crippen molar-refractivity contribution < 1.29 is 13.2 Å². The topological polar surface area (TPSA) is 93.1 Å². The molecule has 8 heteroatoms. The first-order chi connectivity index (χ1) is 10.8. The predicted octanol–water partition coefficient (Wildman–Crippen LogP) is 1.74. The van der Waals surface area contributed by atoms with Crippen LogP contribution in [0.25, 0.3) is 0 Å². The van der Waals surface area contributed by atoms with Gasteiger partial charge in [-0.15, -0.1) is 0 Å². The Morgan fingerprint density at radius 1 is 1.35 bits per heavy atom. The monoisotopic (exact) mass is 336 g/mol. The molecule has 124 valence electrons. The van der Waals surface area contributed by atoms with Crippen LogP contribution in [0.2, 0.25) is 0 Å². The second-order valence-electron chi connectivity index (χ2n) is 5.47. The van der Waals surface area contributed by atoms with E-state index in [1.165, 1.54) is 12.1 Å². The summed E-state index contributed by atoms with van der Waals surface area (Å²) in [6, 6.07) is 7.63. The Balaban J connectivity index is 1.85. The van der Waals surface area contributed by atoms with E-state index < -0.39 is 9.84 Å². The molecule has 0 radical (unpaired) electrons. The first-order valence-corrected chi connectivity index (χ1v) is 9.06. The van der Waals surface area contributed by atoms with Crippen LogP contribution in [0.15, 0.2) is 47.6 Å². The Labute approximate surface area is 135 Å². The summed E-state index contributed by atoms with van der Waals surface area (Å²) in [7, 11) is -3.30. The van der Waals surface area contributed by atoms with Crippen molar-refractivity contribution in [3.8, 4) is 0 Å². The summed E-state index contributed by atoms with van der Waals surface area (Å²) in [6.07, 6.45) is 4.71. The van der Waals surface area contributed by atoms with E-state index >= 15 is 0 Å². The summed E-state index contributed by atoms with van der Waals surface area (Å²) < 4.78 is 24.8. The van der Waals surface area contributed by atoms with Crippen molar-refractivity contribution in [1.82, 2.24) is 15.1 Å². The van der Waals surface area contributed by atoms with E-state index in [1.54, 1.807) is 23.0 Å². The van der Waals surface area contributed by atoms with Crippen molar-refractivity contribution in [1.29, 1.82) is 0 Å². The summed E-state index contributed by atoms with van der Waals surface area (Å²) in [6.45, 7) is 3.19. The highest BCUT2D eigenvalue weighted by atomic mass is 32.2. The third-order valence-corrected chi connectivity index (χ3v) is 4.30. The first kappa shape index (κ1) is 17.0. The van der Waals surface area contributed by atoms with Gasteiger partial charge in [-0.2, -0.15) is 5.10 Å². The van der Waals surface area contributed by atoms with Crippen LogP contribution in [0, 0.1) is 5.92 Å². The second-order valence-corrected chi connectivity index (χ2v) is 7.48. The van der Waals surface area contributed by atoms with Gasteiger partial charge in [0.05, 0.1) is 4.90 Å². The normalized spacial score (nSPS) is 12.6. The smallest absolute Gasteiger partial charge is 0.319 e. The number of nitrogens with one attached hydrogen (secondary N) is 2. The van der Waals surface area contributed by atoms with Crippen LogP contribution in [0.5, 0.6) is 0 Å². The Kier molecular flexibility index (Phi) is 5.38. The second kappa shape index (κ2) is 7.28. The van der Waals surface area contributed by atoms with E-state index in [4.69, 9.17) is 0 Å². The zero-order chi connectivity index (χ0) is 16.9. The highest BCUT2D eigenvalue weighted by Gasteiger charge is 2.10. The zero-order valence-corrected chi connectivity index (χ0v) is 13.9. The molecule has 0 fully saturated rings. The van der Waals surface area contributed by atoms with Gasteiger partial charge in [0.1, 0.15) is 0 Å². The molecule has 0 aliphatic carbocycles. The average molecular weight is 336 g/mol. The lowest BCUT2D eigenvalue weighted by molar-refractivity contribution is 0.249. The van der Waals surface area contributed by atoms with Gasteiger partial charge >= 0.3 is 6.03 Å². The minimum atomic E-state index is -3.30. The van der Waals surface area contributed by atoms with E-state index in [9.17, 15) is 13.2 Å². The number of rotatable bonds is 6. The minimum Gasteiger partial charge on any atom is -0.338 e. The van der Waals surface area contributed by atoms with Gasteiger partial charge in [-0.05, 0) is 30.2 Å². The van der Waals surface area contributed by atoms with Gasteiger partial charge in [-0.3, -0.25) is 4.68 Å². The van der Waals surface area contributed by atoms with Crippen molar-refractivity contribution in [2.75, 3.05) is 18.1 Å². The molecule has 0 saturated carbocycles. The van der Waals surface area contributed by atoms with Gasteiger partial charge in [0, 0.05) is 37.4 Å². The highest BCUT2D eigenvalue weighted by Crippen LogP contribution is 2.15. The zero-order valence-electron chi connectivity index (χ0n) is 13.1. The molecule has 2 rings (SSSR count). The number of hydrogen-bond donors (Lipinski definition) is 2. The molecule has 2 aromatic rings. The number of amides is 2. The molecule has 2 amide bonds.